The van der Waals surface area contributed by atoms with Gasteiger partial charge >= 0.3 is 0 Å². The molecule has 0 aliphatic rings. The van der Waals surface area contributed by atoms with Crippen LogP contribution in [-0.2, 0) is 0 Å². The van der Waals surface area contributed by atoms with Gasteiger partial charge in [0, 0.05) is 55.9 Å². The molecule has 0 N–H and O–H groups in total. The summed E-state index contributed by atoms with van der Waals surface area (Å²) in [4.78, 5) is 2.34. The second-order valence-electron chi connectivity index (χ2n) is 16.1. The van der Waals surface area contributed by atoms with Gasteiger partial charge in [0.1, 0.15) is 11.2 Å². The average molecular weight is 805 g/mol. The highest BCUT2D eigenvalue weighted by atomic mass is 16.3. The average Bonchev–Trinajstić information content (AvgIpc) is 3.90. The molecule has 0 spiro atoms. The molecule has 12 rings (SSSR count). The van der Waals surface area contributed by atoms with Crippen LogP contribution in [0.15, 0.2) is 247 Å². The van der Waals surface area contributed by atoms with Gasteiger partial charge in [-0.1, -0.05) is 164 Å². The molecule has 0 aliphatic carbocycles. The SMILES string of the molecule is c1ccc(-c2cccc(-c3cccc(-n4c5cc(N(c6ccccc6)c6ccc7c(c6)oc6ccccc67)ccc5c5cc(-c6ccccc6)cc(-c6ccccc6)c54)c3)c2)cc1. The Morgan fingerprint density at radius 2 is 0.841 bits per heavy atom. The number of aromatic nitrogens is 1. The maximum absolute atomic E-state index is 6.45. The summed E-state index contributed by atoms with van der Waals surface area (Å²) in [6.45, 7) is 0. The highest BCUT2D eigenvalue weighted by Gasteiger charge is 2.22. The van der Waals surface area contributed by atoms with Crippen LogP contribution in [0, 0.1) is 0 Å². The van der Waals surface area contributed by atoms with Gasteiger partial charge in [0.25, 0.3) is 0 Å². The Hall–Kier alpha value is -8.40. The van der Waals surface area contributed by atoms with Crippen molar-refractivity contribution >= 4 is 60.8 Å². The van der Waals surface area contributed by atoms with Gasteiger partial charge in [0.05, 0.1) is 11.0 Å². The smallest absolute Gasteiger partial charge is 0.137 e. The van der Waals surface area contributed by atoms with E-state index in [0.29, 0.717) is 0 Å². The van der Waals surface area contributed by atoms with E-state index in [1.807, 2.05) is 12.1 Å². The van der Waals surface area contributed by atoms with Gasteiger partial charge in [0.2, 0.25) is 0 Å². The van der Waals surface area contributed by atoms with Crippen molar-refractivity contribution in [1.82, 2.24) is 4.57 Å². The number of hydrogen-bond donors (Lipinski definition) is 0. The van der Waals surface area contributed by atoms with E-state index in [9.17, 15) is 0 Å². The van der Waals surface area contributed by atoms with E-state index in [-0.39, 0.29) is 0 Å². The lowest BCUT2D eigenvalue weighted by Crippen LogP contribution is -2.10. The molecule has 0 atom stereocenters. The summed E-state index contributed by atoms with van der Waals surface area (Å²) < 4.78 is 8.94. The zero-order valence-corrected chi connectivity index (χ0v) is 34.4. The van der Waals surface area contributed by atoms with E-state index in [1.54, 1.807) is 0 Å². The molecule has 12 aromatic rings. The fourth-order valence-electron chi connectivity index (χ4n) is 9.39. The number of rotatable bonds is 8. The molecule has 10 aromatic carbocycles. The lowest BCUT2D eigenvalue weighted by Gasteiger charge is -2.25. The van der Waals surface area contributed by atoms with Crippen LogP contribution in [0.1, 0.15) is 0 Å². The largest absolute Gasteiger partial charge is 0.456 e. The third kappa shape index (κ3) is 6.46. The number of benzene rings is 10. The zero-order valence-electron chi connectivity index (χ0n) is 34.4. The summed E-state index contributed by atoms with van der Waals surface area (Å²) in [5.41, 5.74) is 17.7. The third-order valence-corrected chi connectivity index (χ3v) is 12.3. The fourth-order valence-corrected chi connectivity index (χ4v) is 9.39. The first kappa shape index (κ1) is 36.5. The molecule has 3 heteroatoms. The Labute approximate surface area is 366 Å². The predicted molar refractivity (Wildman–Crippen MR) is 264 cm³/mol. The van der Waals surface area contributed by atoms with Crippen LogP contribution in [0.4, 0.5) is 17.1 Å². The summed E-state index contributed by atoms with van der Waals surface area (Å²) in [5.74, 6) is 0. The summed E-state index contributed by atoms with van der Waals surface area (Å²) >= 11 is 0. The first-order valence-corrected chi connectivity index (χ1v) is 21.5. The van der Waals surface area contributed by atoms with Gasteiger partial charge in [-0.15, -0.1) is 0 Å². The van der Waals surface area contributed by atoms with Crippen molar-refractivity contribution in [3.05, 3.63) is 243 Å². The van der Waals surface area contributed by atoms with E-state index in [2.05, 4.69) is 240 Å². The highest BCUT2D eigenvalue weighted by molar-refractivity contribution is 6.16. The second kappa shape index (κ2) is 15.3. The normalized spacial score (nSPS) is 11.5. The summed E-state index contributed by atoms with van der Waals surface area (Å²) in [6.07, 6.45) is 0. The van der Waals surface area contributed by atoms with Crippen molar-refractivity contribution in [1.29, 1.82) is 0 Å². The number of fused-ring (bicyclic) bond motifs is 6. The fraction of sp³-hybridized carbons (Fsp3) is 0. The van der Waals surface area contributed by atoms with E-state index < -0.39 is 0 Å². The van der Waals surface area contributed by atoms with Crippen molar-refractivity contribution in [3.63, 3.8) is 0 Å². The number of para-hydroxylation sites is 2. The molecule has 0 unspecified atom stereocenters. The van der Waals surface area contributed by atoms with Crippen molar-refractivity contribution in [2.24, 2.45) is 0 Å². The van der Waals surface area contributed by atoms with Crippen LogP contribution in [-0.4, -0.2) is 4.57 Å². The Balaban J connectivity index is 1.13. The summed E-state index contributed by atoms with van der Waals surface area (Å²) in [7, 11) is 0. The van der Waals surface area contributed by atoms with Crippen LogP contribution in [0.5, 0.6) is 0 Å². The third-order valence-electron chi connectivity index (χ3n) is 12.3. The first-order valence-electron chi connectivity index (χ1n) is 21.5. The van der Waals surface area contributed by atoms with E-state index in [4.69, 9.17) is 4.42 Å². The molecule has 0 saturated carbocycles. The Kier molecular flexibility index (Phi) is 8.83. The monoisotopic (exact) mass is 804 g/mol. The Bertz CT molecular complexity index is 3610. The zero-order chi connectivity index (χ0) is 41.7. The van der Waals surface area contributed by atoms with Crippen LogP contribution >= 0.6 is 0 Å². The topological polar surface area (TPSA) is 21.3 Å². The van der Waals surface area contributed by atoms with Crippen LogP contribution < -0.4 is 4.90 Å². The maximum Gasteiger partial charge on any atom is 0.137 e. The number of nitrogens with zero attached hydrogens (tertiary/aromatic N) is 2. The quantitative estimate of drug-likeness (QED) is 0.153. The van der Waals surface area contributed by atoms with Gasteiger partial charge in [-0.2, -0.15) is 0 Å². The molecule has 296 valence electrons. The second-order valence-corrected chi connectivity index (χ2v) is 16.1. The molecule has 2 aromatic heterocycles. The van der Waals surface area contributed by atoms with Gasteiger partial charge in [-0.25, -0.2) is 0 Å². The van der Waals surface area contributed by atoms with Gasteiger partial charge in [-0.05, 0) is 112 Å². The summed E-state index contributed by atoms with van der Waals surface area (Å²) in [5, 5.41) is 4.60. The van der Waals surface area contributed by atoms with Crippen molar-refractivity contribution in [2.75, 3.05) is 4.90 Å². The lowest BCUT2D eigenvalue weighted by molar-refractivity contribution is 0.669. The number of furan rings is 1. The Morgan fingerprint density at radius 1 is 0.302 bits per heavy atom. The van der Waals surface area contributed by atoms with Crippen molar-refractivity contribution in [3.8, 4) is 50.2 Å². The molecule has 0 amide bonds. The minimum Gasteiger partial charge on any atom is -0.456 e. The molecular weight excluding hydrogens is 765 g/mol. The van der Waals surface area contributed by atoms with Crippen LogP contribution in [0.3, 0.4) is 0 Å². The molecule has 0 saturated heterocycles. The predicted octanol–water partition coefficient (Wildman–Crippen LogP) is 16.8. The van der Waals surface area contributed by atoms with Crippen molar-refractivity contribution < 1.29 is 4.42 Å². The lowest BCUT2D eigenvalue weighted by atomic mass is 9.95. The highest BCUT2D eigenvalue weighted by Crippen LogP contribution is 2.45. The molecule has 0 aliphatic heterocycles. The van der Waals surface area contributed by atoms with E-state index in [0.717, 1.165) is 61.3 Å². The molecule has 63 heavy (non-hydrogen) atoms. The minimum absolute atomic E-state index is 0.860. The standard InChI is InChI=1S/C60H40N2O/c1-5-17-41(18-6-1)44-23-15-24-45(35-44)46-25-16-28-49(36-46)62-57-39-50(61(48-26-11-4-12-27-48)51-32-34-54-53-29-13-14-30-58(53)63-59(54)40-51)31-33-52(57)56-38-47(42-19-7-2-8-20-42)37-55(60(56)62)43-21-9-3-10-22-43/h1-40H. The van der Waals surface area contributed by atoms with Crippen molar-refractivity contribution in [2.45, 2.75) is 0 Å². The van der Waals surface area contributed by atoms with E-state index >= 15 is 0 Å². The minimum atomic E-state index is 0.860. The van der Waals surface area contributed by atoms with Crippen LogP contribution in [0.25, 0.3) is 93.9 Å². The Morgan fingerprint density at radius 3 is 1.57 bits per heavy atom. The molecule has 2 heterocycles. The molecule has 0 radical (unpaired) electrons. The number of anilines is 3. The molecular formula is C60H40N2O. The van der Waals surface area contributed by atoms with Gasteiger partial charge in [-0.3, -0.25) is 0 Å². The van der Waals surface area contributed by atoms with Gasteiger partial charge in [0.15, 0.2) is 0 Å². The van der Waals surface area contributed by atoms with E-state index in [1.165, 1.54) is 49.7 Å². The van der Waals surface area contributed by atoms with Gasteiger partial charge < -0.3 is 13.9 Å². The molecule has 3 nitrogen and oxygen atoms in total. The van der Waals surface area contributed by atoms with Crippen LogP contribution in [0.2, 0.25) is 0 Å². The summed E-state index contributed by atoms with van der Waals surface area (Å²) in [6, 6.07) is 87.3. The molecule has 0 bridgehead atoms. The first-order chi connectivity index (χ1) is 31.2. The number of hydrogen-bond acceptors (Lipinski definition) is 2. The maximum atomic E-state index is 6.45. The molecule has 0 fully saturated rings.